The van der Waals surface area contributed by atoms with Crippen LogP contribution in [0, 0.1) is 5.92 Å². The minimum absolute atomic E-state index is 0.0281. The molecular weight excluding hydrogens is 354 g/mol. The average Bonchev–Trinajstić information content (AvgIpc) is 2.55. The standard InChI is InChI=1S/C19H22BrNO2/c1-13-4-2-3-5-18(13)21-19(22)12-23-17-9-7-14-10-16(20)8-6-15(14)11-17/h6-11,13,18H,2-5,12H2,1H3,(H,21,22)/t13-,18-/m0/s1. The first-order chi connectivity index (χ1) is 11.1. The maximum absolute atomic E-state index is 12.1. The smallest absolute Gasteiger partial charge is 0.258 e. The third-order valence-electron chi connectivity index (χ3n) is 4.60. The number of rotatable bonds is 4. The van der Waals surface area contributed by atoms with Gasteiger partial charge in [-0.3, -0.25) is 4.79 Å². The van der Waals surface area contributed by atoms with Gasteiger partial charge < -0.3 is 10.1 Å². The van der Waals surface area contributed by atoms with Gasteiger partial charge in [0.1, 0.15) is 5.75 Å². The van der Waals surface area contributed by atoms with Gasteiger partial charge in [0.05, 0.1) is 0 Å². The topological polar surface area (TPSA) is 38.3 Å². The Kier molecular flexibility index (Phi) is 5.21. The second-order valence-corrected chi connectivity index (χ2v) is 7.29. The quantitative estimate of drug-likeness (QED) is 0.842. The molecule has 1 amide bonds. The van der Waals surface area contributed by atoms with E-state index in [1.165, 1.54) is 19.3 Å². The molecule has 1 N–H and O–H groups in total. The molecule has 2 aromatic carbocycles. The second-order valence-electron chi connectivity index (χ2n) is 6.38. The van der Waals surface area contributed by atoms with Crippen molar-refractivity contribution in [3.63, 3.8) is 0 Å². The minimum atomic E-state index is -0.0281. The van der Waals surface area contributed by atoms with Gasteiger partial charge in [0.2, 0.25) is 0 Å². The molecular formula is C19H22BrNO2. The Hall–Kier alpha value is -1.55. The lowest BCUT2D eigenvalue weighted by atomic mass is 9.86. The highest BCUT2D eigenvalue weighted by Gasteiger charge is 2.22. The summed E-state index contributed by atoms with van der Waals surface area (Å²) in [5, 5.41) is 5.36. The van der Waals surface area contributed by atoms with Crippen LogP contribution in [0.5, 0.6) is 5.75 Å². The fourth-order valence-electron chi connectivity index (χ4n) is 3.21. The predicted molar refractivity (Wildman–Crippen MR) is 96.7 cm³/mol. The Morgan fingerprint density at radius 2 is 1.91 bits per heavy atom. The predicted octanol–water partition coefficient (Wildman–Crippen LogP) is 4.68. The fraction of sp³-hybridized carbons (Fsp3) is 0.421. The van der Waals surface area contributed by atoms with E-state index in [0.717, 1.165) is 27.4 Å². The fourth-order valence-corrected chi connectivity index (χ4v) is 3.59. The molecule has 0 heterocycles. The van der Waals surface area contributed by atoms with Crippen molar-refractivity contribution in [1.29, 1.82) is 0 Å². The number of hydrogen-bond acceptors (Lipinski definition) is 2. The largest absolute Gasteiger partial charge is 0.484 e. The van der Waals surface area contributed by atoms with Crippen molar-refractivity contribution in [2.75, 3.05) is 6.61 Å². The molecule has 0 spiro atoms. The molecule has 122 valence electrons. The maximum atomic E-state index is 12.1. The van der Waals surface area contributed by atoms with Gasteiger partial charge in [0.15, 0.2) is 6.61 Å². The summed E-state index contributed by atoms with van der Waals surface area (Å²) in [6.45, 7) is 2.29. The third-order valence-corrected chi connectivity index (χ3v) is 5.09. The zero-order valence-electron chi connectivity index (χ0n) is 13.3. The highest BCUT2D eigenvalue weighted by molar-refractivity contribution is 9.10. The van der Waals surface area contributed by atoms with Crippen molar-refractivity contribution in [2.24, 2.45) is 5.92 Å². The van der Waals surface area contributed by atoms with Crippen LogP contribution in [-0.2, 0) is 4.79 Å². The summed E-state index contributed by atoms with van der Waals surface area (Å²) in [5.41, 5.74) is 0. The molecule has 3 rings (SSSR count). The first-order valence-electron chi connectivity index (χ1n) is 8.23. The Balaban J connectivity index is 1.57. The normalized spacial score (nSPS) is 21.1. The Morgan fingerprint density at radius 3 is 2.74 bits per heavy atom. The monoisotopic (exact) mass is 375 g/mol. The van der Waals surface area contributed by atoms with E-state index >= 15 is 0 Å². The van der Waals surface area contributed by atoms with E-state index in [1.807, 2.05) is 30.3 Å². The lowest BCUT2D eigenvalue weighted by molar-refractivity contribution is -0.124. The Labute approximate surface area is 145 Å². The number of fused-ring (bicyclic) bond motifs is 1. The van der Waals surface area contributed by atoms with Crippen LogP contribution in [0.15, 0.2) is 40.9 Å². The van der Waals surface area contributed by atoms with Gasteiger partial charge in [-0.05, 0) is 53.8 Å². The van der Waals surface area contributed by atoms with Crippen LogP contribution in [0.3, 0.4) is 0 Å². The molecule has 0 aliphatic heterocycles. The van der Waals surface area contributed by atoms with Gasteiger partial charge in [-0.25, -0.2) is 0 Å². The van der Waals surface area contributed by atoms with E-state index in [2.05, 4.69) is 34.2 Å². The maximum Gasteiger partial charge on any atom is 0.258 e. The highest BCUT2D eigenvalue weighted by Crippen LogP contribution is 2.25. The van der Waals surface area contributed by atoms with Crippen LogP contribution in [-0.4, -0.2) is 18.6 Å². The molecule has 1 fully saturated rings. The Morgan fingerprint density at radius 1 is 1.17 bits per heavy atom. The summed E-state index contributed by atoms with van der Waals surface area (Å²) in [6, 6.07) is 12.3. The van der Waals surface area contributed by atoms with Gasteiger partial charge in [0.25, 0.3) is 5.91 Å². The summed E-state index contributed by atoms with van der Waals surface area (Å²) < 4.78 is 6.71. The highest BCUT2D eigenvalue weighted by atomic mass is 79.9. The molecule has 0 radical (unpaired) electrons. The number of hydrogen-bond donors (Lipinski definition) is 1. The van der Waals surface area contributed by atoms with E-state index < -0.39 is 0 Å². The molecule has 0 saturated heterocycles. The van der Waals surface area contributed by atoms with E-state index in [4.69, 9.17) is 4.74 Å². The van der Waals surface area contributed by atoms with Crippen LogP contribution < -0.4 is 10.1 Å². The molecule has 4 heteroatoms. The molecule has 0 unspecified atom stereocenters. The molecule has 2 aromatic rings. The SMILES string of the molecule is C[C@H]1CCCC[C@@H]1NC(=O)COc1ccc2cc(Br)ccc2c1. The van der Waals surface area contributed by atoms with E-state index in [1.54, 1.807) is 0 Å². The van der Waals surface area contributed by atoms with Crippen LogP contribution in [0.25, 0.3) is 10.8 Å². The van der Waals surface area contributed by atoms with Crippen molar-refractivity contribution in [3.05, 3.63) is 40.9 Å². The third kappa shape index (κ3) is 4.25. The van der Waals surface area contributed by atoms with Gasteiger partial charge in [-0.2, -0.15) is 0 Å². The van der Waals surface area contributed by atoms with E-state index in [-0.39, 0.29) is 12.5 Å². The van der Waals surface area contributed by atoms with Crippen molar-refractivity contribution in [1.82, 2.24) is 5.32 Å². The second kappa shape index (κ2) is 7.35. The summed E-state index contributed by atoms with van der Waals surface area (Å²) >= 11 is 3.47. The zero-order valence-corrected chi connectivity index (χ0v) is 14.9. The van der Waals surface area contributed by atoms with Gasteiger partial charge in [0, 0.05) is 10.5 Å². The minimum Gasteiger partial charge on any atom is -0.484 e. The average molecular weight is 376 g/mol. The van der Waals surface area contributed by atoms with Gasteiger partial charge >= 0.3 is 0 Å². The number of carbonyl (C=O) groups excluding carboxylic acids is 1. The number of amides is 1. The summed E-state index contributed by atoms with van der Waals surface area (Å²) in [7, 11) is 0. The van der Waals surface area contributed by atoms with Crippen molar-refractivity contribution < 1.29 is 9.53 Å². The van der Waals surface area contributed by atoms with E-state index in [0.29, 0.717) is 12.0 Å². The van der Waals surface area contributed by atoms with Crippen molar-refractivity contribution in [3.8, 4) is 5.75 Å². The van der Waals surface area contributed by atoms with Gasteiger partial charge in [-0.1, -0.05) is 47.8 Å². The summed E-state index contributed by atoms with van der Waals surface area (Å²) in [5.74, 6) is 1.26. The molecule has 0 aromatic heterocycles. The lowest BCUT2D eigenvalue weighted by Gasteiger charge is -2.29. The van der Waals surface area contributed by atoms with Crippen LogP contribution in [0.4, 0.5) is 0 Å². The number of carbonyl (C=O) groups is 1. The van der Waals surface area contributed by atoms with Crippen LogP contribution in [0.1, 0.15) is 32.6 Å². The summed E-state index contributed by atoms with van der Waals surface area (Å²) in [6.07, 6.45) is 4.76. The molecule has 0 bridgehead atoms. The van der Waals surface area contributed by atoms with E-state index in [9.17, 15) is 4.79 Å². The van der Waals surface area contributed by atoms with Crippen molar-refractivity contribution in [2.45, 2.75) is 38.6 Å². The number of benzene rings is 2. The molecule has 23 heavy (non-hydrogen) atoms. The van der Waals surface area contributed by atoms with Crippen molar-refractivity contribution >= 4 is 32.6 Å². The van der Waals surface area contributed by atoms with Crippen LogP contribution in [0.2, 0.25) is 0 Å². The molecule has 2 atom stereocenters. The number of halogens is 1. The first-order valence-corrected chi connectivity index (χ1v) is 9.02. The molecule has 3 nitrogen and oxygen atoms in total. The first kappa shape index (κ1) is 16.3. The van der Waals surface area contributed by atoms with Crippen LogP contribution >= 0.6 is 15.9 Å². The summed E-state index contributed by atoms with van der Waals surface area (Å²) in [4.78, 5) is 12.1. The number of nitrogens with one attached hydrogen (secondary N) is 1. The Bertz CT molecular complexity index is 701. The molecule has 1 aliphatic rings. The lowest BCUT2D eigenvalue weighted by Crippen LogP contribution is -2.43. The number of ether oxygens (including phenoxy) is 1. The molecule has 1 aliphatic carbocycles. The van der Waals surface area contributed by atoms with Gasteiger partial charge in [-0.15, -0.1) is 0 Å². The molecule has 1 saturated carbocycles. The zero-order chi connectivity index (χ0) is 16.2.